The van der Waals surface area contributed by atoms with Crippen molar-refractivity contribution in [1.29, 1.82) is 0 Å². The minimum absolute atomic E-state index is 0.0524. The van der Waals surface area contributed by atoms with Crippen molar-refractivity contribution >= 4 is 0 Å². The van der Waals surface area contributed by atoms with E-state index in [0.717, 1.165) is 25.0 Å². The quantitative estimate of drug-likeness (QED) is 0.840. The summed E-state index contributed by atoms with van der Waals surface area (Å²) in [4.78, 5) is 0. The standard InChI is InChI=1S/C15H21F2NO3/c1-10(12-4-3-7-20-12)18-9-11-5-6-13(19-2)14(8-11)21-15(16)17/h5-6,8,10,12,15,18H,3-4,7,9H2,1-2H3. The summed E-state index contributed by atoms with van der Waals surface area (Å²) < 4.78 is 39.8. The summed E-state index contributed by atoms with van der Waals surface area (Å²) in [5.74, 6) is 0.350. The molecule has 1 aliphatic heterocycles. The SMILES string of the molecule is COc1ccc(CNC(C)C2CCCO2)cc1OC(F)F. The van der Waals surface area contributed by atoms with Crippen molar-refractivity contribution in [3.63, 3.8) is 0 Å². The molecule has 4 nitrogen and oxygen atoms in total. The van der Waals surface area contributed by atoms with E-state index >= 15 is 0 Å². The van der Waals surface area contributed by atoms with Crippen LogP contribution < -0.4 is 14.8 Å². The second-order valence-electron chi connectivity index (χ2n) is 5.08. The molecule has 1 aromatic carbocycles. The largest absolute Gasteiger partial charge is 0.493 e. The van der Waals surface area contributed by atoms with Crippen molar-refractivity contribution in [1.82, 2.24) is 5.32 Å². The highest BCUT2D eigenvalue weighted by molar-refractivity contribution is 5.43. The molecule has 1 N–H and O–H groups in total. The maximum absolute atomic E-state index is 12.4. The fourth-order valence-electron chi connectivity index (χ4n) is 2.43. The summed E-state index contributed by atoms with van der Waals surface area (Å²) in [5, 5.41) is 3.35. The highest BCUT2D eigenvalue weighted by atomic mass is 19.3. The van der Waals surface area contributed by atoms with Gasteiger partial charge in [0.2, 0.25) is 0 Å². The van der Waals surface area contributed by atoms with E-state index in [0.29, 0.717) is 12.3 Å². The zero-order chi connectivity index (χ0) is 15.2. The molecule has 1 aromatic rings. The van der Waals surface area contributed by atoms with Crippen molar-refractivity contribution in [3.05, 3.63) is 23.8 Å². The van der Waals surface area contributed by atoms with Gasteiger partial charge in [-0.25, -0.2) is 0 Å². The molecule has 118 valence electrons. The molecule has 2 unspecified atom stereocenters. The Balaban J connectivity index is 1.96. The van der Waals surface area contributed by atoms with E-state index in [9.17, 15) is 8.78 Å². The van der Waals surface area contributed by atoms with Crippen LogP contribution in [0.1, 0.15) is 25.3 Å². The first kappa shape index (κ1) is 16.0. The Labute approximate surface area is 123 Å². The van der Waals surface area contributed by atoms with Crippen LogP contribution >= 0.6 is 0 Å². The van der Waals surface area contributed by atoms with Crippen LogP contribution in [0.4, 0.5) is 8.78 Å². The van der Waals surface area contributed by atoms with Gasteiger partial charge < -0.3 is 19.5 Å². The van der Waals surface area contributed by atoms with Crippen molar-refractivity contribution in [2.24, 2.45) is 0 Å². The van der Waals surface area contributed by atoms with Gasteiger partial charge >= 0.3 is 6.61 Å². The van der Waals surface area contributed by atoms with E-state index in [1.807, 2.05) is 6.07 Å². The van der Waals surface area contributed by atoms with Gasteiger partial charge in [-0.1, -0.05) is 6.07 Å². The van der Waals surface area contributed by atoms with Gasteiger partial charge in [-0.05, 0) is 37.5 Å². The van der Waals surface area contributed by atoms with Gasteiger partial charge in [0.25, 0.3) is 0 Å². The Kier molecular flexibility index (Phi) is 5.76. The molecule has 0 saturated carbocycles. The van der Waals surface area contributed by atoms with E-state index in [4.69, 9.17) is 9.47 Å². The molecule has 0 bridgehead atoms. The second kappa shape index (κ2) is 7.56. The van der Waals surface area contributed by atoms with Crippen LogP contribution in [0.25, 0.3) is 0 Å². The molecule has 1 aliphatic rings. The Morgan fingerprint density at radius 3 is 2.81 bits per heavy atom. The molecule has 1 fully saturated rings. The lowest BCUT2D eigenvalue weighted by Crippen LogP contribution is -2.36. The van der Waals surface area contributed by atoms with Gasteiger partial charge in [0, 0.05) is 19.2 Å². The first-order chi connectivity index (χ1) is 10.1. The first-order valence-electron chi connectivity index (χ1n) is 7.07. The molecular weight excluding hydrogens is 280 g/mol. The Hall–Kier alpha value is -1.40. The first-order valence-corrected chi connectivity index (χ1v) is 7.07. The van der Waals surface area contributed by atoms with Crippen molar-refractivity contribution < 1.29 is 23.0 Å². The van der Waals surface area contributed by atoms with Crippen LogP contribution in [0.5, 0.6) is 11.5 Å². The fraction of sp³-hybridized carbons (Fsp3) is 0.600. The van der Waals surface area contributed by atoms with Crippen molar-refractivity contribution in [3.8, 4) is 11.5 Å². The average Bonchev–Trinajstić information content (AvgIpc) is 2.98. The summed E-state index contributed by atoms with van der Waals surface area (Å²) in [5.41, 5.74) is 0.858. The topological polar surface area (TPSA) is 39.7 Å². The molecule has 2 atom stereocenters. The second-order valence-corrected chi connectivity index (χ2v) is 5.08. The number of hydrogen-bond donors (Lipinski definition) is 1. The highest BCUT2D eigenvalue weighted by Gasteiger charge is 2.21. The zero-order valence-electron chi connectivity index (χ0n) is 12.3. The Morgan fingerprint density at radius 1 is 1.38 bits per heavy atom. The van der Waals surface area contributed by atoms with Gasteiger partial charge in [-0.2, -0.15) is 8.78 Å². The molecular formula is C15H21F2NO3. The smallest absolute Gasteiger partial charge is 0.387 e. The Bertz CT molecular complexity index is 451. The minimum atomic E-state index is -2.87. The lowest BCUT2D eigenvalue weighted by Gasteiger charge is -2.20. The summed E-state index contributed by atoms with van der Waals surface area (Å²) >= 11 is 0. The van der Waals surface area contributed by atoms with Crippen LogP contribution in [-0.2, 0) is 11.3 Å². The van der Waals surface area contributed by atoms with Crippen molar-refractivity contribution in [2.75, 3.05) is 13.7 Å². The maximum atomic E-state index is 12.4. The Morgan fingerprint density at radius 2 is 2.19 bits per heavy atom. The molecule has 0 aliphatic carbocycles. The lowest BCUT2D eigenvalue weighted by molar-refractivity contribution is -0.0512. The van der Waals surface area contributed by atoms with Crippen LogP contribution in [-0.4, -0.2) is 32.5 Å². The molecule has 1 heterocycles. The summed E-state index contributed by atoms with van der Waals surface area (Å²) in [6.45, 7) is 0.569. The van der Waals surface area contributed by atoms with Crippen LogP contribution in [0.2, 0.25) is 0 Å². The predicted octanol–water partition coefficient (Wildman–Crippen LogP) is 2.95. The zero-order valence-corrected chi connectivity index (χ0v) is 12.3. The van der Waals surface area contributed by atoms with E-state index in [-0.39, 0.29) is 17.9 Å². The molecule has 2 rings (SSSR count). The number of halogens is 2. The van der Waals surface area contributed by atoms with Crippen LogP contribution in [0.3, 0.4) is 0 Å². The van der Waals surface area contributed by atoms with E-state index in [1.54, 1.807) is 12.1 Å². The van der Waals surface area contributed by atoms with Gasteiger partial charge in [-0.15, -0.1) is 0 Å². The average molecular weight is 301 g/mol. The number of ether oxygens (including phenoxy) is 3. The fourth-order valence-corrected chi connectivity index (χ4v) is 2.43. The monoisotopic (exact) mass is 301 g/mol. The molecule has 0 amide bonds. The number of methoxy groups -OCH3 is 1. The number of rotatable bonds is 7. The molecule has 1 saturated heterocycles. The number of alkyl halides is 2. The van der Waals surface area contributed by atoms with Crippen LogP contribution in [0, 0.1) is 0 Å². The highest BCUT2D eigenvalue weighted by Crippen LogP contribution is 2.29. The normalized spacial score (nSPS) is 19.8. The maximum Gasteiger partial charge on any atom is 0.387 e. The molecule has 6 heteroatoms. The number of hydrogen-bond acceptors (Lipinski definition) is 4. The molecule has 0 radical (unpaired) electrons. The minimum Gasteiger partial charge on any atom is -0.493 e. The third-order valence-corrected chi connectivity index (χ3v) is 3.59. The third kappa shape index (κ3) is 4.54. The van der Waals surface area contributed by atoms with Gasteiger partial charge in [0.15, 0.2) is 11.5 Å². The summed E-state index contributed by atoms with van der Waals surface area (Å²) in [6.07, 6.45) is 2.36. The van der Waals surface area contributed by atoms with Gasteiger partial charge in [-0.3, -0.25) is 0 Å². The molecule has 21 heavy (non-hydrogen) atoms. The molecule has 0 aromatic heterocycles. The summed E-state index contributed by atoms with van der Waals surface area (Å²) in [7, 11) is 1.42. The van der Waals surface area contributed by atoms with Crippen molar-refractivity contribution in [2.45, 2.75) is 45.1 Å². The predicted molar refractivity (Wildman–Crippen MR) is 74.9 cm³/mol. The van der Waals surface area contributed by atoms with E-state index in [1.165, 1.54) is 7.11 Å². The van der Waals surface area contributed by atoms with E-state index < -0.39 is 6.61 Å². The molecule has 0 spiro atoms. The number of nitrogens with one attached hydrogen (secondary N) is 1. The lowest BCUT2D eigenvalue weighted by atomic mass is 10.1. The van der Waals surface area contributed by atoms with Crippen LogP contribution in [0.15, 0.2) is 18.2 Å². The van der Waals surface area contributed by atoms with E-state index in [2.05, 4.69) is 17.0 Å². The van der Waals surface area contributed by atoms with Gasteiger partial charge in [0.05, 0.1) is 13.2 Å². The third-order valence-electron chi connectivity index (χ3n) is 3.59. The number of benzene rings is 1. The van der Waals surface area contributed by atoms with Gasteiger partial charge in [0.1, 0.15) is 0 Å². The summed E-state index contributed by atoms with van der Waals surface area (Å²) in [6, 6.07) is 5.24.